The van der Waals surface area contributed by atoms with Crippen LogP contribution < -0.4 is 21.7 Å². The summed E-state index contributed by atoms with van der Waals surface area (Å²) in [5.41, 5.74) is 16.2. The van der Waals surface area contributed by atoms with Crippen molar-refractivity contribution >= 4 is 34.3 Å². The normalized spacial score (nSPS) is 16.6. The van der Waals surface area contributed by atoms with E-state index >= 15 is 0 Å². The van der Waals surface area contributed by atoms with Crippen LogP contribution in [-0.4, -0.2) is 35.0 Å². The number of nitrogens with two attached hydrogens (primary N) is 2. The van der Waals surface area contributed by atoms with Crippen LogP contribution >= 0.6 is 11.3 Å². The molecule has 0 saturated carbocycles. The molecule has 0 aliphatic carbocycles. The molecule has 5 N–H and O–H groups in total. The number of aromatic nitrogens is 2. The Labute approximate surface area is 173 Å². The summed E-state index contributed by atoms with van der Waals surface area (Å²) in [6.07, 6.45) is 5.40. The third-order valence-corrected chi connectivity index (χ3v) is 6.04. The number of nitrogens with zero attached hydrogens (tertiary/aromatic N) is 3. The smallest absolute Gasteiger partial charge is 0.276 e. The summed E-state index contributed by atoms with van der Waals surface area (Å²) in [6, 6.07) is 7.63. The van der Waals surface area contributed by atoms with E-state index < -0.39 is 0 Å². The number of anilines is 3. The fraction of sp³-hybridized carbons (Fsp3) is 0.286. The molecular formula is C21H24N6OS. The first kappa shape index (κ1) is 19.4. The zero-order valence-electron chi connectivity index (χ0n) is 16.3. The van der Waals surface area contributed by atoms with Crippen LogP contribution in [-0.2, 0) is 0 Å². The number of amides is 1. The Morgan fingerprint density at radius 2 is 2.21 bits per heavy atom. The zero-order chi connectivity index (χ0) is 20.4. The van der Waals surface area contributed by atoms with Gasteiger partial charge in [0.05, 0.1) is 33.8 Å². The van der Waals surface area contributed by atoms with Crippen molar-refractivity contribution in [2.75, 3.05) is 29.0 Å². The van der Waals surface area contributed by atoms with Crippen molar-refractivity contribution in [1.82, 2.24) is 9.97 Å². The van der Waals surface area contributed by atoms with Gasteiger partial charge < -0.3 is 21.7 Å². The molecule has 0 radical (unpaired) electrons. The lowest BCUT2D eigenvalue weighted by molar-refractivity contribution is 0.102. The van der Waals surface area contributed by atoms with Gasteiger partial charge in [0, 0.05) is 25.3 Å². The van der Waals surface area contributed by atoms with Crippen LogP contribution in [0.3, 0.4) is 0 Å². The van der Waals surface area contributed by atoms with Gasteiger partial charge in [-0.25, -0.2) is 4.98 Å². The van der Waals surface area contributed by atoms with Gasteiger partial charge in [0.1, 0.15) is 0 Å². The van der Waals surface area contributed by atoms with E-state index in [1.165, 1.54) is 0 Å². The number of pyridine rings is 2. The third kappa shape index (κ3) is 4.23. The first-order chi connectivity index (χ1) is 14.0. The van der Waals surface area contributed by atoms with Gasteiger partial charge in [0.2, 0.25) is 0 Å². The second-order valence-electron chi connectivity index (χ2n) is 7.32. The summed E-state index contributed by atoms with van der Waals surface area (Å²) < 4.78 is 0. The van der Waals surface area contributed by atoms with E-state index in [1.807, 2.05) is 25.1 Å². The number of thiophene rings is 1. The quantitative estimate of drug-likeness (QED) is 0.611. The largest absolute Gasteiger partial charge is 0.397 e. The van der Waals surface area contributed by atoms with Gasteiger partial charge in [-0.1, -0.05) is 0 Å². The standard InChI is InChI=1S/C21H24N6OS/c1-13-9-19(29-12-13)16-5-4-15(23)20(25-16)21(28)26-17-10-24-7-6-18(17)27-8-2-3-14(22)11-27/h4-7,9-10,12,14H,2-3,8,11,22-23H2,1H3,(H,26,28)/t14-/m0/s1. The Hall–Kier alpha value is -2.97. The van der Waals surface area contributed by atoms with Crippen LogP contribution in [0.5, 0.6) is 0 Å². The zero-order valence-corrected chi connectivity index (χ0v) is 17.1. The molecule has 1 fully saturated rings. The number of aryl methyl sites for hydroxylation is 1. The molecule has 8 heteroatoms. The first-order valence-corrected chi connectivity index (χ1v) is 10.5. The lowest BCUT2D eigenvalue weighted by Gasteiger charge is -2.33. The Balaban J connectivity index is 1.60. The van der Waals surface area contributed by atoms with E-state index in [-0.39, 0.29) is 17.6 Å². The number of hydrogen-bond acceptors (Lipinski definition) is 7. The molecule has 1 atom stereocenters. The molecule has 0 spiro atoms. The molecule has 0 unspecified atom stereocenters. The van der Waals surface area contributed by atoms with E-state index in [9.17, 15) is 4.79 Å². The SMILES string of the molecule is Cc1csc(-c2ccc(N)c(C(=O)Nc3cnccc3N3CCC[C@H](N)C3)n2)c1. The van der Waals surface area contributed by atoms with Crippen molar-refractivity contribution in [2.45, 2.75) is 25.8 Å². The van der Waals surface area contributed by atoms with Crippen molar-refractivity contribution in [3.8, 4) is 10.6 Å². The predicted molar refractivity (Wildman–Crippen MR) is 118 cm³/mol. The molecule has 29 heavy (non-hydrogen) atoms. The van der Waals surface area contributed by atoms with Crippen molar-refractivity contribution < 1.29 is 4.79 Å². The number of nitrogen functional groups attached to an aromatic ring is 1. The average molecular weight is 409 g/mol. The maximum absolute atomic E-state index is 13.0. The van der Waals surface area contributed by atoms with Crippen LogP contribution in [0.4, 0.5) is 17.1 Å². The predicted octanol–water partition coefficient (Wildman–Crippen LogP) is 3.28. The minimum Gasteiger partial charge on any atom is -0.397 e. The number of piperidine rings is 1. The van der Waals surface area contributed by atoms with Crippen molar-refractivity contribution in [3.05, 3.63) is 53.3 Å². The topological polar surface area (TPSA) is 110 Å². The van der Waals surface area contributed by atoms with Gasteiger partial charge in [-0.05, 0) is 55.0 Å². The number of hydrogen-bond donors (Lipinski definition) is 3. The number of nitrogens with one attached hydrogen (secondary N) is 1. The van der Waals surface area contributed by atoms with Gasteiger partial charge in [-0.2, -0.15) is 0 Å². The molecule has 3 aromatic heterocycles. The monoisotopic (exact) mass is 408 g/mol. The second-order valence-corrected chi connectivity index (χ2v) is 8.23. The summed E-state index contributed by atoms with van der Waals surface area (Å²) in [7, 11) is 0. The Kier molecular flexibility index (Phi) is 5.46. The van der Waals surface area contributed by atoms with Gasteiger partial charge in [-0.3, -0.25) is 9.78 Å². The molecule has 150 valence electrons. The first-order valence-electron chi connectivity index (χ1n) is 9.59. The average Bonchev–Trinajstić information content (AvgIpc) is 3.15. The summed E-state index contributed by atoms with van der Waals surface area (Å²) in [4.78, 5) is 24.9. The Morgan fingerprint density at radius 1 is 1.34 bits per heavy atom. The molecule has 1 saturated heterocycles. The third-order valence-electron chi connectivity index (χ3n) is 4.97. The molecule has 1 aliphatic rings. The molecule has 0 aromatic carbocycles. The summed E-state index contributed by atoms with van der Waals surface area (Å²) in [6.45, 7) is 3.68. The number of carbonyl (C=O) groups is 1. The Bertz CT molecular complexity index is 1030. The fourth-order valence-corrected chi connectivity index (χ4v) is 4.39. The lowest BCUT2D eigenvalue weighted by atomic mass is 10.1. The van der Waals surface area contributed by atoms with Crippen LogP contribution in [0, 0.1) is 6.92 Å². The van der Waals surface area contributed by atoms with Crippen LogP contribution in [0.25, 0.3) is 10.6 Å². The van der Waals surface area contributed by atoms with Crippen molar-refractivity contribution in [2.24, 2.45) is 5.73 Å². The van der Waals surface area contributed by atoms with Gasteiger partial charge in [0.25, 0.3) is 5.91 Å². The highest BCUT2D eigenvalue weighted by atomic mass is 32.1. The number of rotatable bonds is 4. The van der Waals surface area contributed by atoms with Crippen LogP contribution in [0.1, 0.15) is 28.9 Å². The highest BCUT2D eigenvalue weighted by molar-refractivity contribution is 7.13. The van der Waals surface area contributed by atoms with Crippen molar-refractivity contribution in [1.29, 1.82) is 0 Å². The molecule has 7 nitrogen and oxygen atoms in total. The molecule has 4 heterocycles. The van der Waals surface area contributed by atoms with E-state index in [4.69, 9.17) is 11.5 Å². The fourth-order valence-electron chi connectivity index (χ4n) is 3.52. The van der Waals surface area contributed by atoms with E-state index in [0.29, 0.717) is 11.4 Å². The Morgan fingerprint density at radius 3 is 2.97 bits per heavy atom. The summed E-state index contributed by atoms with van der Waals surface area (Å²) >= 11 is 1.59. The second kappa shape index (κ2) is 8.18. The van der Waals surface area contributed by atoms with E-state index in [1.54, 1.807) is 29.8 Å². The minimum absolute atomic E-state index is 0.128. The highest BCUT2D eigenvalue weighted by Crippen LogP contribution is 2.29. The van der Waals surface area contributed by atoms with E-state index in [0.717, 1.165) is 47.8 Å². The van der Waals surface area contributed by atoms with Gasteiger partial charge in [-0.15, -0.1) is 11.3 Å². The molecule has 3 aromatic rings. The number of carbonyl (C=O) groups excluding carboxylic acids is 1. The molecular weight excluding hydrogens is 384 g/mol. The highest BCUT2D eigenvalue weighted by Gasteiger charge is 2.21. The van der Waals surface area contributed by atoms with Gasteiger partial charge >= 0.3 is 0 Å². The maximum Gasteiger partial charge on any atom is 0.276 e. The van der Waals surface area contributed by atoms with E-state index in [2.05, 4.69) is 25.6 Å². The molecule has 1 amide bonds. The minimum atomic E-state index is -0.354. The van der Waals surface area contributed by atoms with Crippen LogP contribution in [0.2, 0.25) is 0 Å². The lowest BCUT2D eigenvalue weighted by Crippen LogP contribution is -2.43. The van der Waals surface area contributed by atoms with Crippen LogP contribution in [0.15, 0.2) is 42.0 Å². The molecule has 0 bridgehead atoms. The maximum atomic E-state index is 13.0. The summed E-state index contributed by atoms with van der Waals surface area (Å²) in [5.74, 6) is -0.354. The molecule has 1 aliphatic heterocycles. The molecule has 4 rings (SSSR count). The van der Waals surface area contributed by atoms with Gasteiger partial charge in [0.15, 0.2) is 5.69 Å². The summed E-state index contributed by atoms with van der Waals surface area (Å²) in [5, 5.41) is 4.99. The van der Waals surface area contributed by atoms with Crippen molar-refractivity contribution in [3.63, 3.8) is 0 Å².